The summed E-state index contributed by atoms with van der Waals surface area (Å²) >= 11 is 0. The number of hydrogen-bond donors (Lipinski definition) is 1. The number of ether oxygens (including phenoxy) is 3. The Balaban J connectivity index is 1.77. The number of benzene rings is 2. The molecule has 3 aromatic rings. The molecule has 1 N–H and O–H groups in total. The van der Waals surface area contributed by atoms with Crippen molar-refractivity contribution in [3.8, 4) is 22.6 Å². The molecule has 7 heteroatoms. The second kappa shape index (κ2) is 9.67. The van der Waals surface area contributed by atoms with Gasteiger partial charge in [-0.15, -0.1) is 0 Å². The maximum Gasteiger partial charge on any atom is 0.336 e. The average Bonchev–Trinajstić information content (AvgIpc) is 2.79. The van der Waals surface area contributed by atoms with Gasteiger partial charge in [-0.3, -0.25) is 4.79 Å². The first kappa shape index (κ1) is 22.9. The third-order valence-corrected chi connectivity index (χ3v) is 5.70. The highest BCUT2D eigenvalue weighted by Gasteiger charge is 2.31. The van der Waals surface area contributed by atoms with Crippen LogP contribution in [-0.2, 0) is 16.0 Å². The highest BCUT2D eigenvalue weighted by molar-refractivity contribution is 6.00. The number of methoxy groups -OCH3 is 1. The number of nitrogens with one attached hydrogen (secondary N) is 1. The number of aryl methyl sites for hydroxylation is 1. The second-order valence-electron chi connectivity index (χ2n) is 8.75. The van der Waals surface area contributed by atoms with E-state index < -0.39 is 5.63 Å². The van der Waals surface area contributed by atoms with Gasteiger partial charge in [0.25, 0.3) is 5.91 Å². The molecule has 2 heterocycles. The molecule has 0 bridgehead atoms. The molecule has 0 atom stereocenters. The van der Waals surface area contributed by atoms with E-state index in [1.165, 1.54) is 6.07 Å². The zero-order valence-corrected chi connectivity index (χ0v) is 19.2. The van der Waals surface area contributed by atoms with Crippen LogP contribution in [0.15, 0.2) is 51.7 Å². The first-order valence-corrected chi connectivity index (χ1v) is 11.1. The van der Waals surface area contributed by atoms with Gasteiger partial charge >= 0.3 is 5.63 Å². The molecule has 0 spiro atoms. The normalized spacial score (nSPS) is 14.4. The molecule has 0 radical (unpaired) electrons. The summed E-state index contributed by atoms with van der Waals surface area (Å²) in [5.41, 5.74) is 2.06. The first-order chi connectivity index (χ1) is 15.9. The smallest absolute Gasteiger partial charge is 0.336 e. The van der Waals surface area contributed by atoms with Crippen molar-refractivity contribution in [3.05, 3.63) is 58.4 Å². The number of amides is 1. The van der Waals surface area contributed by atoms with E-state index in [9.17, 15) is 9.59 Å². The van der Waals surface area contributed by atoms with Crippen LogP contribution in [0.5, 0.6) is 11.5 Å². The van der Waals surface area contributed by atoms with Crippen molar-refractivity contribution in [3.63, 3.8) is 0 Å². The molecule has 0 saturated heterocycles. The summed E-state index contributed by atoms with van der Waals surface area (Å²) in [6.45, 7) is 4.94. The van der Waals surface area contributed by atoms with Crippen molar-refractivity contribution in [1.29, 1.82) is 0 Å². The number of rotatable bonds is 8. The largest absolute Gasteiger partial charge is 0.487 e. The van der Waals surface area contributed by atoms with Gasteiger partial charge in [-0.25, -0.2) is 4.79 Å². The Bertz CT molecular complexity index is 1200. The fourth-order valence-corrected chi connectivity index (χ4v) is 4.04. The minimum absolute atomic E-state index is 0.169. The molecule has 0 aliphatic carbocycles. The average molecular weight is 452 g/mol. The number of hydrogen-bond acceptors (Lipinski definition) is 6. The summed E-state index contributed by atoms with van der Waals surface area (Å²) in [6, 6.07) is 12.9. The number of carbonyl (C=O) groups is 1. The van der Waals surface area contributed by atoms with E-state index in [-0.39, 0.29) is 18.1 Å². The van der Waals surface area contributed by atoms with Crippen LogP contribution in [-0.4, -0.2) is 38.4 Å². The SMILES string of the molecule is COCCCNC(=O)COc1cc2c(c3oc(=O)cc(-c4ccccc4)c13)CCC(C)(C)O2. The topological polar surface area (TPSA) is 87.0 Å². The maximum atomic E-state index is 12.5. The van der Waals surface area contributed by atoms with Crippen molar-refractivity contribution in [1.82, 2.24) is 5.32 Å². The number of fused-ring (bicyclic) bond motifs is 3. The molecule has 1 aliphatic heterocycles. The van der Waals surface area contributed by atoms with Crippen LogP contribution >= 0.6 is 0 Å². The van der Waals surface area contributed by atoms with Gasteiger partial charge in [-0.05, 0) is 38.7 Å². The lowest BCUT2D eigenvalue weighted by atomic mass is 9.91. The lowest BCUT2D eigenvalue weighted by molar-refractivity contribution is -0.123. The van der Waals surface area contributed by atoms with E-state index in [1.807, 2.05) is 50.2 Å². The van der Waals surface area contributed by atoms with Gasteiger partial charge in [0, 0.05) is 43.5 Å². The van der Waals surface area contributed by atoms with Crippen LogP contribution in [0.2, 0.25) is 0 Å². The molecule has 1 aliphatic rings. The predicted molar refractivity (Wildman–Crippen MR) is 126 cm³/mol. The molecule has 33 heavy (non-hydrogen) atoms. The number of carbonyl (C=O) groups excluding carboxylic acids is 1. The predicted octanol–water partition coefficient (Wildman–Crippen LogP) is 4.10. The Labute approximate surface area is 192 Å². The summed E-state index contributed by atoms with van der Waals surface area (Å²) in [5.74, 6) is 0.815. The summed E-state index contributed by atoms with van der Waals surface area (Å²) in [4.78, 5) is 24.9. The van der Waals surface area contributed by atoms with Crippen molar-refractivity contribution in [2.24, 2.45) is 0 Å². The van der Waals surface area contributed by atoms with Gasteiger partial charge in [0.2, 0.25) is 0 Å². The third kappa shape index (κ3) is 5.20. The van der Waals surface area contributed by atoms with Crippen LogP contribution in [0.4, 0.5) is 0 Å². The molecule has 174 valence electrons. The lowest BCUT2D eigenvalue weighted by Gasteiger charge is -2.33. The van der Waals surface area contributed by atoms with Crippen LogP contribution in [0.25, 0.3) is 22.1 Å². The van der Waals surface area contributed by atoms with Gasteiger partial charge in [0.05, 0.1) is 5.39 Å². The van der Waals surface area contributed by atoms with Gasteiger partial charge in [0.15, 0.2) is 6.61 Å². The fourth-order valence-electron chi connectivity index (χ4n) is 4.04. The lowest BCUT2D eigenvalue weighted by Crippen LogP contribution is -2.33. The zero-order chi connectivity index (χ0) is 23.4. The van der Waals surface area contributed by atoms with E-state index >= 15 is 0 Å². The monoisotopic (exact) mass is 451 g/mol. The summed E-state index contributed by atoms with van der Waals surface area (Å²) in [7, 11) is 1.62. The molecule has 4 rings (SSSR count). The van der Waals surface area contributed by atoms with Crippen LogP contribution < -0.4 is 20.4 Å². The molecule has 1 amide bonds. The molecular formula is C26H29NO6. The molecule has 1 aromatic heterocycles. The Morgan fingerprint density at radius 1 is 1.18 bits per heavy atom. The fraction of sp³-hybridized carbons (Fsp3) is 0.385. The van der Waals surface area contributed by atoms with E-state index in [2.05, 4.69) is 5.32 Å². The highest BCUT2D eigenvalue weighted by Crippen LogP contribution is 2.44. The Kier molecular flexibility index (Phi) is 6.70. The third-order valence-electron chi connectivity index (χ3n) is 5.70. The standard InChI is InChI=1S/C26H29NO6/c1-26(2)11-10-18-20(33-26)15-21(31-16-22(28)27-12-7-13-30-3)24-19(14-23(29)32-25(18)24)17-8-5-4-6-9-17/h4-6,8-9,14-15H,7,10-13,16H2,1-3H3,(H,27,28). The van der Waals surface area contributed by atoms with Crippen LogP contribution in [0.1, 0.15) is 32.3 Å². The minimum atomic E-state index is -0.443. The molecular weight excluding hydrogens is 422 g/mol. The van der Waals surface area contributed by atoms with Gasteiger partial charge in [0.1, 0.15) is 22.7 Å². The van der Waals surface area contributed by atoms with Gasteiger partial charge in [-0.1, -0.05) is 30.3 Å². The van der Waals surface area contributed by atoms with Crippen molar-refractivity contribution in [2.75, 3.05) is 26.9 Å². The Morgan fingerprint density at radius 3 is 2.73 bits per heavy atom. The molecule has 2 aromatic carbocycles. The first-order valence-electron chi connectivity index (χ1n) is 11.1. The van der Waals surface area contributed by atoms with Crippen LogP contribution in [0, 0.1) is 0 Å². The molecule has 0 unspecified atom stereocenters. The molecule has 7 nitrogen and oxygen atoms in total. The van der Waals surface area contributed by atoms with E-state index in [4.69, 9.17) is 18.6 Å². The highest BCUT2D eigenvalue weighted by atomic mass is 16.5. The Morgan fingerprint density at radius 2 is 1.97 bits per heavy atom. The van der Waals surface area contributed by atoms with Crippen LogP contribution in [0.3, 0.4) is 0 Å². The summed E-state index contributed by atoms with van der Waals surface area (Å²) in [5, 5.41) is 3.48. The maximum absolute atomic E-state index is 12.5. The van der Waals surface area contributed by atoms with Crippen molar-refractivity contribution < 1.29 is 23.4 Å². The van der Waals surface area contributed by atoms with E-state index in [1.54, 1.807) is 7.11 Å². The van der Waals surface area contributed by atoms with Crippen molar-refractivity contribution >= 4 is 16.9 Å². The van der Waals surface area contributed by atoms with E-state index in [0.717, 1.165) is 24.0 Å². The van der Waals surface area contributed by atoms with E-state index in [0.29, 0.717) is 47.6 Å². The quantitative estimate of drug-likeness (QED) is 0.410. The Hall–Kier alpha value is -3.32. The van der Waals surface area contributed by atoms with Gasteiger partial charge < -0.3 is 23.9 Å². The molecule has 0 fully saturated rings. The second-order valence-corrected chi connectivity index (χ2v) is 8.75. The minimum Gasteiger partial charge on any atom is -0.487 e. The van der Waals surface area contributed by atoms with Gasteiger partial charge in [-0.2, -0.15) is 0 Å². The summed E-state index contributed by atoms with van der Waals surface area (Å²) < 4.78 is 22.9. The summed E-state index contributed by atoms with van der Waals surface area (Å²) in [6.07, 6.45) is 2.22. The van der Waals surface area contributed by atoms with Crippen molar-refractivity contribution in [2.45, 2.75) is 38.7 Å². The molecule has 0 saturated carbocycles. The zero-order valence-electron chi connectivity index (χ0n) is 19.2.